The van der Waals surface area contributed by atoms with Crippen molar-refractivity contribution in [2.75, 3.05) is 0 Å². The molecule has 52 heavy (non-hydrogen) atoms. The molecule has 0 bridgehead atoms. The van der Waals surface area contributed by atoms with Gasteiger partial charge in [-0.05, 0) is 92.5 Å². The Bertz CT molecular complexity index is 3210. The van der Waals surface area contributed by atoms with E-state index in [2.05, 4.69) is 179 Å². The Balaban J connectivity index is 1.05. The second-order valence-electron chi connectivity index (χ2n) is 14.1. The first kappa shape index (κ1) is 28.0. The molecule has 1 aliphatic carbocycles. The molecule has 7 aromatic carbocycles. The topological polar surface area (TPSA) is 35.1 Å². The van der Waals surface area contributed by atoms with Gasteiger partial charge in [-0.2, -0.15) is 0 Å². The van der Waals surface area contributed by atoms with Crippen molar-refractivity contribution in [1.29, 1.82) is 0 Å². The van der Waals surface area contributed by atoms with Gasteiger partial charge in [-0.3, -0.25) is 8.97 Å². The van der Waals surface area contributed by atoms with E-state index in [0.717, 1.165) is 38.9 Å². The molecule has 2 aliphatic rings. The van der Waals surface area contributed by atoms with Gasteiger partial charge in [-0.15, -0.1) is 0 Å². The van der Waals surface area contributed by atoms with Crippen LogP contribution >= 0.6 is 0 Å². The van der Waals surface area contributed by atoms with E-state index >= 15 is 0 Å². The number of benzene rings is 7. The summed E-state index contributed by atoms with van der Waals surface area (Å²) in [5.41, 5.74) is 14.0. The average molecular weight is 663 g/mol. The maximum atomic E-state index is 5.13. The SMILES string of the molecule is C1=CC2c3cc(-c4cccc5c(-c6ccc7c(c6)c6ccccc6c6nc8ccccc8n76)cccc45)ccc3-n3c(nc4ccccc43)C2C=C1. The van der Waals surface area contributed by atoms with E-state index in [-0.39, 0.29) is 11.8 Å². The van der Waals surface area contributed by atoms with Crippen LogP contribution in [0, 0.1) is 0 Å². The molecule has 12 rings (SSSR count). The van der Waals surface area contributed by atoms with Crippen LogP contribution in [0.2, 0.25) is 0 Å². The minimum Gasteiger partial charge on any atom is -0.295 e. The Morgan fingerprint density at radius 2 is 1.08 bits per heavy atom. The van der Waals surface area contributed by atoms with E-state index in [1.165, 1.54) is 60.6 Å². The number of hydrogen-bond donors (Lipinski definition) is 0. The molecule has 2 atom stereocenters. The normalized spacial score (nSPS) is 16.3. The average Bonchev–Trinajstić information content (AvgIpc) is 3.80. The number of rotatable bonds is 2. The minimum atomic E-state index is 0.199. The monoisotopic (exact) mass is 662 g/mol. The van der Waals surface area contributed by atoms with E-state index in [4.69, 9.17) is 9.97 Å². The molecule has 0 saturated heterocycles. The number of nitrogens with zero attached hydrogens (tertiary/aromatic N) is 4. The molecule has 4 heterocycles. The van der Waals surface area contributed by atoms with Gasteiger partial charge in [0.15, 0.2) is 0 Å². The summed E-state index contributed by atoms with van der Waals surface area (Å²) >= 11 is 0. The third kappa shape index (κ3) is 3.76. The van der Waals surface area contributed by atoms with Crippen molar-refractivity contribution in [3.05, 3.63) is 181 Å². The maximum Gasteiger partial charge on any atom is 0.146 e. The molecule has 2 unspecified atom stereocenters. The summed E-state index contributed by atoms with van der Waals surface area (Å²) in [6, 6.07) is 53.1. The number of pyridine rings is 1. The first-order valence-electron chi connectivity index (χ1n) is 18.0. The number of para-hydroxylation sites is 4. The lowest BCUT2D eigenvalue weighted by Gasteiger charge is -2.33. The van der Waals surface area contributed by atoms with Gasteiger partial charge < -0.3 is 0 Å². The van der Waals surface area contributed by atoms with E-state index < -0.39 is 0 Å². The molecule has 0 fully saturated rings. The standard InChI is InChI=1S/C48H30N4/c1-3-13-37-35(11-1)39-27-29(23-25-43(39)51-45-21-7-5-19-41(45)49-47(37)51)31-15-9-18-34-32(16-10-17-33(31)34)30-24-26-44-40(28-30)36-12-2-4-14-38(36)48-50-42-20-6-8-22-46(42)52(44)48/h1-28,35,37H. The van der Waals surface area contributed by atoms with Crippen molar-refractivity contribution in [1.82, 2.24) is 18.9 Å². The molecule has 242 valence electrons. The second kappa shape index (κ2) is 10.4. The predicted molar refractivity (Wildman–Crippen MR) is 214 cm³/mol. The molecule has 0 amide bonds. The minimum absolute atomic E-state index is 0.199. The van der Waals surface area contributed by atoms with Gasteiger partial charge >= 0.3 is 0 Å². The van der Waals surface area contributed by atoms with Crippen molar-refractivity contribution < 1.29 is 0 Å². The molecule has 4 heteroatoms. The van der Waals surface area contributed by atoms with Crippen LogP contribution in [0.5, 0.6) is 0 Å². The Morgan fingerprint density at radius 1 is 0.442 bits per heavy atom. The Hall–Kier alpha value is -6.78. The van der Waals surface area contributed by atoms with Crippen molar-refractivity contribution in [3.63, 3.8) is 0 Å². The number of hydrogen-bond acceptors (Lipinski definition) is 2. The molecular formula is C48H30N4. The smallest absolute Gasteiger partial charge is 0.146 e. The van der Waals surface area contributed by atoms with Gasteiger partial charge in [-0.25, -0.2) is 9.97 Å². The van der Waals surface area contributed by atoms with E-state index in [0.29, 0.717) is 0 Å². The van der Waals surface area contributed by atoms with Crippen molar-refractivity contribution in [3.8, 4) is 27.9 Å². The summed E-state index contributed by atoms with van der Waals surface area (Å²) < 4.78 is 4.70. The van der Waals surface area contributed by atoms with Crippen LogP contribution in [0.25, 0.3) is 88.1 Å². The number of aromatic nitrogens is 4. The first-order chi connectivity index (χ1) is 25.8. The quantitative estimate of drug-likeness (QED) is 0.173. The number of imidazole rings is 2. The summed E-state index contributed by atoms with van der Waals surface area (Å²) in [5.74, 6) is 1.55. The second-order valence-corrected chi connectivity index (χ2v) is 14.1. The molecule has 0 spiro atoms. The maximum absolute atomic E-state index is 5.13. The van der Waals surface area contributed by atoms with Gasteiger partial charge in [-0.1, -0.05) is 121 Å². The van der Waals surface area contributed by atoms with Crippen LogP contribution in [-0.2, 0) is 0 Å². The zero-order valence-corrected chi connectivity index (χ0v) is 28.1. The van der Waals surface area contributed by atoms with Gasteiger partial charge in [0.1, 0.15) is 11.5 Å². The summed E-state index contributed by atoms with van der Waals surface area (Å²) in [6.45, 7) is 0. The van der Waals surface area contributed by atoms with Gasteiger partial charge in [0.2, 0.25) is 0 Å². The molecule has 3 aromatic heterocycles. The highest BCUT2D eigenvalue weighted by Gasteiger charge is 2.35. The Labute approximate surface area is 299 Å². The van der Waals surface area contributed by atoms with Gasteiger partial charge in [0.05, 0.1) is 33.3 Å². The summed E-state index contributed by atoms with van der Waals surface area (Å²) in [4.78, 5) is 10.2. The fourth-order valence-electron chi connectivity index (χ4n) is 9.16. The van der Waals surface area contributed by atoms with Gasteiger partial charge in [0, 0.05) is 22.6 Å². The van der Waals surface area contributed by atoms with Crippen molar-refractivity contribution >= 4 is 60.2 Å². The van der Waals surface area contributed by atoms with E-state index in [1.807, 2.05) is 0 Å². The zero-order valence-electron chi connectivity index (χ0n) is 28.1. The summed E-state index contributed by atoms with van der Waals surface area (Å²) in [5, 5.41) is 6.10. The molecule has 1 aliphatic heterocycles. The lowest BCUT2D eigenvalue weighted by molar-refractivity contribution is 0.640. The summed E-state index contributed by atoms with van der Waals surface area (Å²) in [7, 11) is 0. The van der Waals surface area contributed by atoms with E-state index in [1.54, 1.807) is 0 Å². The predicted octanol–water partition coefficient (Wildman–Crippen LogP) is 11.9. The van der Waals surface area contributed by atoms with Crippen LogP contribution in [0.15, 0.2) is 170 Å². The van der Waals surface area contributed by atoms with Crippen LogP contribution in [0.1, 0.15) is 23.2 Å². The lowest BCUT2D eigenvalue weighted by Crippen LogP contribution is -2.22. The molecule has 0 saturated carbocycles. The van der Waals surface area contributed by atoms with Gasteiger partial charge in [0.25, 0.3) is 0 Å². The summed E-state index contributed by atoms with van der Waals surface area (Å²) in [6.07, 6.45) is 9.02. The first-order valence-corrected chi connectivity index (χ1v) is 18.0. The van der Waals surface area contributed by atoms with Crippen LogP contribution in [0.4, 0.5) is 0 Å². The molecule has 10 aromatic rings. The molecule has 0 N–H and O–H groups in total. The number of fused-ring (bicyclic) bond motifs is 17. The lowest BCUT2D eigenvalue weighted by atomic mass is 9.78. The van der Waals surface area contributed by atoms with Crippen LogP contribution in [0.3, 0.4) is 0 Å². The fraction of sp³-hybridized carbons (Fsp3) is 0.0417. The third-order valence-corrected chi connectivity index (χ3v) is 11.4. The van der Waals surface area contributed by atoms with Crippen molar-refractivity contribution in [2.24, 2.45) is 0 Å². The van der Waals surface area contributed by atoms with Crippen molar-refractivity contribution in [2.45, 2.75) is 11.8 Å². The fourth-order valence-corrected chi connectivity index (χ4v) is 9.16. The highest BCUT2D eigenvalue weighted by Crippen LogP contribution is 2.48. The van der Waals surface area contributed by atoms with E-state index in [9.17, 15) is 0 Å². The Morgan fingerprint density at radius 3 is 1.88 bits per heavy atom. The van der Waals surface area contributed by atoms with Crippen LogP contribution < -0.4 is 0 Å². The van der Waals surface area contributed by atoms with Crippen LogP contribution in [-0.4, -0.2) is 18.9 Å². The molecular weight excluding hydrogens is 633 g/mol. The highest BCUT2D eigenvalue weighted by molar-refractivity contribution is 6.15. The zero-order chi connectivity index (χ0) is 33.9. The number of allylic oxidation sites excluding steroid dienone is 4. The largest absolute Gasteiger partial charge is 0.295 e. The molecule has 4 nitrogen and oxygen atoms in total. The third-order valence-electron chi connectivity index (χ3n) is 11.4. The molecule has 0 radical (unpaired) electrons. The highest BCUT2D eigenvalue weighted by atomic mass is 15.1. The Kier molecular flexibility index (Phi) is 5.58.